The Bertz CT molecular complexity index is 431. The molecule has 2 nitrogen and oxygen atoms in total. The van der Waals surface area contributed by atoms with Crippen LogP contribution in [0, 0.1) is 0 Å². The van der Waals surface area contributed by atoms with Crippen LogP contribution in [0.3, 0.4) is 0 Å². The topological polar surface area (TPSA) is 26.3 Å². The minimum absolute atomic E-state index is 0.714. The summed E-state index contributed by atoms with van der Waals surface area (Å²) < 4.78 is 19.2. The summed E-state index contributed by atoms with van der Waals surface area (Å²) in [6.07, 6.45) is 8.85. The zero-order valence-electron chi connectivity index (χ0n) is 13.9. The van der Waals surface area contributed by atoms with E-state index in [1.54, 1.807) is 0 Å². The molecule has 0 aromatic heterocycles. The highest BCUT2D eigenvalue weighted by Gasteiger charge is 2.24. The number of hydrogen-bond acceptors (Lipinski definition) is 2. The molecule has 21 heavy (non-hydrogen) atoms. The van der Waals surface area contributed by atoms with Crippen LogP contribution >= 0.6 is 7.37 Å². The fourth-order valence-corrected chi connectivity index (χ4v) is 4.89. The summed E-state index contributed by atoms with van der Waals surface area (Å²) in [4.78, 5) is 0. The van der Waals surface area contributed by atoms with Crippen LogP contribution in [0.2, 0.25) is 0 Å². The van der Waals surface area contributed by atoms with Crippen molar-refractivity contribution in [3.05, 3.63) is 29.8 Å². The first-order chi connectivity index (χ1) is 10.1. The van der Waals surface area contributed by atoms with E-state index in [1.165, 1.54) is 5.56 Å². The Morgan fingerprint density at radius 3 is 2.05 bits per heavy atom. The molecule has 0 fully saturated rings. The fourth-order valence-electron chi connectivity index (χ4n) is 2.35. The Morgan fingerprint density at radius 1 is 0.905 bits per heavy atom. The highest BCUT2D eigenvalue weighted by Crippen LogP contribution is 2.49. The predicted octanol–water partition coefficient (Wildman–Crippen LogP) is 6.29. The summed E-state index contributed by atoms with van der Waals surface area (Å²) in [6.45, 7) is 6.47. The van der Waals surface area contributed by atoms with Gasteiger partial charge in [0.05, 0.1) is 0 Å². The van der Waals surface area contributed by atoms with E-state index in [1.807, 2.05) is 18.2 Å². The minimum Gasteiger partial charge on any atom is -0.442 e. The van der Waals surface area contributed by atoms with E-state index in [4.69, 9.17) is 4.52 Å². The van der Waals surface area contributed by atoms with Gasteiger partial charge in [0.1, 0.15) is 5.75 Å². The van der Waals surface area contributed by atoms with E-state index in [2.05, 4.69) is 26.8 Å². The lowest BCUT2D eigenvalue weighted by atomic mass is 10.1. The second kappa shape index (κ2) is 10.1. The van der Waals surface area contributed by atoms with Crippen LogP contribution in [-0.2, 0) is 11.0 Å². The maximum atomic E-state index is 13.1. The molecule has 0 atom stereocenters. The average Bonchev–Trinajstić information content (AvgIpc) is 2.50. The van der Waals surface area contributed by atoms with Gasteiger partial charge in [0.15, 0.2) is 0 Å². The van der Waals surface area contributed by atoms with E-state index < -0.39 is 7.37 Å². The quantitative estimate of drug-likeness (QED) is 0.449. The third kappa shape index (κ3) is 6.70. The van der Waals surface area contributed by atoms with E-state index in [0.717, 1.165) is 50.7 Å². The van der Waals surface area contributed by atoms with Crippen LogP contribution in [0.5, 0.6) is 5.75 Å². The van der Waals surface area contributed by atoms with Crippen molar-refractivity contribution in [1.82, 2.24) is 0 Å². The van der Waals surface area contributed by atoms with Gasteiger partial charge < -0.3 is 4.52 Å². The molecular weight excluding hydrogens is 279 g/mol. The zero-order chi connectivity index (χ0) is 15.6. The van der Waals surface area contributed by atoms with Crippen molar-refractivity contribution in [3.8, 4) is 5.75 Å². The molecule has 0 unspecified atom stereocenters. The predicted molar refractivity (Wildman–Crippen MR) is 92.8 cm³/mol. The van der Waals surface area contributed by atoms with Gasteiger partial charge in [-0.25, -0.2) is 0 Å². The normalized spacial score (nSPS) is 11.6. The Morgan fingerprint density at radius 2 is 1.48 bits per heavy atom. The van der Waals surface area contributed by atoms with Crippen LogP contribution in [-0.4, -0.2) is 12.3 Å². The molecule has 1 aromatic rings. The third-order valence-corrected chi connectivity index (χ3v) is 6.27. The summed E-state index contributed by atoms with van der Waals surface area (Å²) in [5.74, 6) is 0.849. The molecule has 0 saturated carbocycles. The first kappa shape index (κ1) is 18.3. The highest BCUT2D eigenvalue weighted by molar-refractivity contribution is 7.59. The average molecular weight is 310 g/mol. The van der Waals surface area contributed by atoms with E-state index in [-0.39, 0.29) is 0 Å². The maximum Gasteiger partial charge on any atom is 0.247 e. The molecule has 0 spiro atoms. The van der Waals surface area contributed by atoms with Crippen LogP contribution in [0.1, 0.15) is 64.9 Å². The molecule has 0 bridgehead atoms. The lowest BCUT2D eigenvalue weighted by Crippen LogP contribution is -2.04. The minimum atomic E-state index is -2.53. The van der Waals surface area contributed by atoms with Crippen molar-refractivity contribution >= 4 is 7.37 Å². The van der Waals surface area contributed by atoms with Crippen molar-refractivity contribution in [2.45, 2.75) is 65.7 Å². The molecular formula is C18H31O2P. The fraction of sp³-hybridized carbons (Fsp3) is 0.667. The second-order valence-electron chi connectivity index (χ2n) is 5.77. The van der Waals surface area contributed by atoms with Gasteiger partial charge >= 0.3 is 0 Å². The molecule has 1 rings (SSSR count). The Labute approximate surface area is 130 Å². The lowest BCUT2D eigenvalue weighted by molar-refractivity contribution is 0.473. The smallest absolute Gasteiger partial charge is 0.247 e. The Balaban J connectivity index is 2.84. The van der Waals surface area contributed by atoms with Crippen molar-refractivity contribution in [2.24, 2.45) is 0 Å². The number of rotatable bonds is 11. The molecule has 1 aromatic carbocycles. The van der Waals surface area contributed by atoms with Crippen LogP contribution in [0.4, 0.5) is 0 Å². The third-order valence-electron chi connectivity index (χ3n) is 3.74. The van der Waals surface area contributed by atoms with Gasteiger partial charge in [-0.2, -0.15) is 0 Å². The summed E-state index contributed by atoms with van der Waals surface area (Å²) >= 11 is 0. The SMILES string of the molecule is CCCCc1ccccc1OP(=O)(CCCC)CCCC. The van der Waals surface area contributed by atoms with Crippen molar-refractivity contribution in [2.75, 3.05) is 12.3 Å². The first-order valence-electron chi connectivity index (χ1n) is 8.50. The highest BCUT2D eigenvalue weighted by atomic mass is 31.2. The van der Waals surface area contributed by atoms with Crippen LogP contribution in [0.25, 0.3) is 0 Å². The van der Waals surface area contributed by atoms with Crippen molar-refractivity contribution in [1.29, 1.82) is 0 Å². The molecule has 3 heteroatoms. The molecule has 0 aliphatic heterocycles. The Hall–Kier alpha value is -0.750. The standard InChI is InChI=1S/C18H31O2P/c1-4-7-12-17-13-10-11-14-18(17)20-21(19,15-8-5-2)16-9-6-3/h10-11,13-14H,4-9,12,15-16H2,1-3H3. The molecule has 0 N–H and O–H groups in total. The van der Waals surface area contributed by atoms with Gasteiger partial charge in [0.2, 0.25) is 7.37 Å². The molecule has 120 valence electrons. The monoisotopic (exact) mass is 310 g/mol. The Kier molecular flexibility index (Phi) is 8.76. The number of aryl methyl sites for hydroxylation is 1. The van der Waals surface area contributed by atoms with Gasteiger partial charge in [-0.05, 0) is 37.3 Å². The summed E-state index contributed by atoms with van der Waals surface area (Å²) in [6, 6.07) is 8.11. The van der Waals surface area contributed by atoms with Gasteiger partial charge in [0.25, 0.3) is 0 Å². The lowest BCUT2D eigenvalue weighted by Gasteiger charge is -2.21. The van der Waals surface area contributed by atoms with Gasteiger partial charge in [-0.3, -0.25) is 4.57 Å². The van der Waals surface area contributed by atoms with Gasteiger partial charge in [-0.15, -0.1) is 0 Å². The van der Waals surface area contributed by atoms with E-state index >= 15 is 0 Å². The van der Waals surface area contributed by atoms with Gasteiger partial charge in [-0.1, -0.05) is 58.2 Å². The summed E-state index contributed by atoms with van der Waals surface area (Å²) in [5, 5.41) is 0. The molecule has 0 saturated heterocycles. The van der Waals surface area contributed by atoms with Gasteiger partial charge in [0, 0.05) is 12.3 Å². The van der Waals surface area contributed by atoms with E-state index in [9.17, 15) is 4.57 Å². The summed E-state index contributed by atoms with van der Waals surface area (Å²) in [7, 11) is -2.53. The molecule has 0 radical (unpaired) electrons. The number of benzene rings is 1. The van der Waals surface area contributed by atoms with Crippen molar-refractivity contribution < 1.29 is 9.09 Å². The number of unbranched alkanes of at least 4 members (excludes halogenated alkanes) is 3. The van der Waals surface area contributed by atoms with E-state index in [0.29, 0.717) is 12.3 Å². The second-order valence-corrected chi connectivity index (χ2v) is 8.48. The van der Waals surface area contributed by atoms with Crippen LogP contribution in [0.15, 0.2) is 24.3 Å². The number of hydrogen-bond donors (Lipinski definition) is 0. The molecule has 0 aliphatic rings. The first-order valence-corrected chi connectivity index (χ1v) is 10.5. The summed E-state index contributed by atoms with van der Waals surface area (Å²) in [5.41, 5.74) is 1.20. The molecule has 0 heterocycles. The molecule has 0 amide bonds. The maximum absolute atomic E-state index is 13.1. The number of para-hydroxylation sites is 1. The largest absolute Gasteiger partial charge is 0.442 e. The van der Waals surface area contributed by atoms with Crippen LogP contribution < -0.4 is 4.52 Å². The zero-order valence-corrected chi connectivity index (χ0v) is 14.8. The molecule has 0 aliphatic carbocycles. The van der Waals surface area contributed by atoms with Crippen molar-refractivity contribution in [3.63, 3.8) is 0 Å².